The minimum Gasteiger partial charge on any atom is -0.501 e. The lowest BCUT2D eigenvalue weighted by Crippen LogP contribution is -2.20. The van der Waals surface area contributed by atoms with Gasteiger partial charge >= 0.3 is 5.97 Å². The van der Waals surface area contributed by atoms with E-state index in [0.717, 1.165) is 0 Å². The Kier molecular flexibility index (Phi) is 3.90. The lowest BCUT2D eigenvalue weighted by atomic mass is 10.00. The van der Waals surface area contributed by atoms with Crippen LogP contribution in [-0.4, -0.2) is 21.2 Å². The number of hydrogen-bond donors (Lipinski definition) is 2. The monoisotopic (exact) mass is 264 g/mol. The Balaban J connectivity index is 3.35. The van der Waals surface area contributed by atoms with E-state index < -0.39 is 16.9 Å². The van der Waals surface area contributed by atoms with E-state index in [4.69, 9.17) is 33.4 Å². The molecule has 0 spiro atoms. The Bertz CT molecular complexity index is 386. The summed E-state index contributed by atoms with van der Waals surface area (Å²) in [6.45, 7) is 0. The van der Waals surface area contributed by atoms with Gasteiger partial charge < -0.3 is 10.2 Å². The molecule has 6 heteroatoms. The summed E-state index contributed by atoms with van der Waals surface area (Å²) in [4.78, 5) is 10.9. The molecule has 0 saturated carbocycles. The number of benzene rings is 1. The van der Waals surface area contributed by atoms with Crippen LogP contribution in [0.3, 0.4) is 0 Å². The summed E-state index contributed by atoms with van der Waals surface area (Å²) in [6.07, 6.45) is 0. The molecule has 0 aliphatic rings. The number of carbonyl (C=O) groups is 1. The van der Waals surface area contributed by atoms with Crippen LogP contribution in [0.1, 0.15) is 11.5 Å². The van der Waals surface area contributed by atoms with Crippen LogP contribution in [0.25, 0.3) is 0 Å². The number of rotatable bonds is 3. The number of aliphatic carboxylic acids is 1. The first-order valence-corrected chi connectivity index (χ1v) is 5.01. The van der Waals surface area contributed by atoms with Crippen molar-refractivity contribution in [2.45, 2.75) is 5.92 Å². The SMILES string of the molecule is O=C(O)C(C(O)=S)c1c(Cl)cccc1Cl. The van der Waals surface area contributed by atoms with Gasteiger partial charge in [-0.25, -0.2) is 0 Å². The van der Waals surface area contributed by atoms with Gasteiger partial charge in [0, 0.05) is 15.6 Å². The van der Waals surface area contributed by atoms with E-state index in [1.54, 1.807) is 6.07 Å². The van der Waals surface area contributed by atoms with Crippen molar-refractivity contribution >= 4 is 46.4 Å². The number of halogens is 2. The third-order valence-electron chi connectivity index (χ3n) is 1.78. The van der Waals surface area contributed by atoms with E-state index in [-0.39, 0.29) is 15.6 Å². The zero-order valence-electron chi connectivity index (χ0n) is 7.28. The van der Waals surface area contributed by atoms with Crippen molar-refractivity contribution in [1.82, 2.24) is 0 Å². The predicted molar refractivity (Wildman–Crippen MR) is 62.1 cm³/mol. The fraction of sp³-hybridized carbons (Fsp3) is 0.111. The van der Waals surface area contributed by atoms with Gasteiger partial charge in [0.1, 0.15) is 0 Å². The van der Waals surface area contributed by atoms with Crippen molar-refractivity contribution < 1.29 is 15.0 Å². The molecule has 1 aromatic rings. The van der Waals surface area contributed by atoms with Crippen LogP contribution in [0.4, 0.5) is 0 Å². The van der Waals surface area contributed by atoms with Crippen LogP contribution in [-0.2, 0) is 4.79 Å². The molecular formula is C9H6Cl2O3S. The standard InChI is InChI=1S/C9H6Cl2O3S/c10-4-2-1-3-5(11)6(4)7(8(12)13)9(14)15/h1-3,7H,(H,12,13)(H,14,15). The topological polar surface area (TPSA) is 57.5 Å². The van der Waals surface area contributed by atoms with Crippen LogP contribution in [0.15, 0.2) is 18.2 Å². The normalized spacial score (nSPS) is 12.1. The molecule has 1 rings (SSSR count). The molecule has 0 saturated heterocycles. The van der Waals surface area contributed by atoms with Gasteiger partial charge in [-0.05, 0) is 24.4 Å². The Labute approximate surface area is 101 Å². The summed E-state index contributed by atoms with van der Waals surface area (Å²) >= 11 is 16.0. The number of aliphatic hydroxyl groups excluding tert-OH is 1. The number of hydrogen-bond acceptors (Lipinski definition) is 2. The zero-order valence-corrected chi connectivity index (χ0v) is 9.60. The van der Waals surface area contributed by atoms with Gasteiger partial charge in [0.15, 0.2) is 11.0 Å². The average molecular weight is 265 g/mol. The van der Waals surface area contributed by atoms with Gasteiger partial charge in [0.05, 0.1) is 0 Å². The molecule has 0 aliphatic heterocycles. The molecule has 0 amide bonds. The van der Waals surface area contributed by atoms with Crippen molar-refractivity contribution in [2.75, 3.05) is 0 Å². The van der Waals surface area contributed by atoms with E-state index in [1.807, 2.05) is 0 Å². The van der Waals surface area contributed by atoms with Gasteiger partial charge in [-0.3, -0.25) is 4.79 Å². The minimum absolute atomic E-state index is 0.112. The number of carboxylic acid groups (broad SMARTS) is 1. The van der Waals surface area contributed by atoms with Crippen LogP contribution in [0.2, 0.25) is 10.0 Å². The highest BCUT2D eigenvalue weighted by molar-refractivity contribution is 7.80. The van der Waals surface area contributed by atoms with Crippen molar-refractivity contribution in [3.63, 3.8) is 0 Å². The first kappa shape index (κ1) is 12.2. The fourth-order valence-electron chi connectivity index (χ4n) is 1.14. The summed E-state index contributed by atoms with van der Waals surface area (Å²) < 4.78 is 0. The highest BCUT2D eigenvalue weighted by Crippen LogP contribution is 2.32. The quantitative estimate of drug-likeness (QED) is 0.824. The second-order valence-electron chi connectivity index (χ2n) is 2.74. The molecule has 80 valence electrons. The van der Waals surface area contributed by atoms with E-state index in [1.165, 1.54) is 12.1 Å². The Morgan fingerprint density at radius 3 is 2.07 bits per heavy atom. The van der Waals surface area contributed by atoms with Gasteiger partial charge in [-0.15, -0.1) is 0 Å². The highest BCUT2D eigenvalue weighted by Gasteiger charge is 2.28. The molecule has 1 aromatic carbocycles. The van der Waals surface area contributed by atoms with Crippen LogP contribution >= 0.6 is 35.4 Å². The average Bonchev–Trinajstić information content (AvgIpc) is 2.09. The van der Waals surface area contributed by atoms with Crippen molar-refractivity contribution in [3.8, 4) is 0 Å². The third-order valence-corrected chi connectivity index (χ3v) is 2.68. The largest absolute Gasteiger partial charge is 0.501 e. The van der Waals surface area contributed by atoms with E-state index >= 15 is 0 Å². The first-order chi connectivity index (χ1) is 6.95. The molecule has 1 unspecified atom stereocenters. The van der Waals surface area contributed by atoms with Crippen LogP contribution in [0, 0.1) is 0 Å². The van der Waals surface area contributed by atoms with E-state index in [0.29, 0.717) is 0 Å². The van der Waals surface area contributed by atoms with Crippen molar-refractivity contribution in [2.24, 2.45) is 0 Å². The molecule has 0 fully saturated rings. The number of carboxylic acids is 1. The molecule has 0 radical (unpaired) electrons. The second-order valence-corrected chi connectivity index (χ2v) is 3.98. The predicted octanol–water partition coefficient (Wildman–Crippen LogP) is 3.05. The molecule has 0 aliphatic carbocycles. The van der Waals surface area contributed by atoms with E-state index in [9.17, 15) is 4.79 Å². The van der Waals surface area contributed by atoms with Crippen LogP contribution in [0.5, 0.6) is 0 Å². The van der Waals surface area contributed by atoms with Gasteiger partial charge in [-0.2, -0.15) is 0 Å². The molecule has 15 heavy (non-hydrogen) atoms. The molecule has 1 atom stereocenters. The molecule has 2 N–H and O–H groups in total. The maximum Gasteiger partial charge on any atom is 0.319 e. The minimum atomic E-state index is -1.37. The van der Waals surface area contributed by atoms with E-state index in [2.05, 4.69) is 12.2 Å². The second kappa shape index (κ2) is 4.79. The summed E-state index contributed by atoms with van der Waals surface area (Å²) in [5.41, 5.74) is 0.112. The summed E-state index contributed by atoms with van der Waals surface area (Å²) in [7, 11) is 0. The Morgan fingerprint density at radius 1 is 1.27 bits per heavy atom. The maximum absolute atomic E-state index is 10.9. The van der Waals surface area contributed by atoms with Gasteiger partial charge in [0.2, 0.25) is 0 Å². The number of thiocarbonyl (C=S) groups is 1. The maximum atomic E-state index is 10.9. The smallest absolute Gasteiger partial charge is 0.319 e. The molecule has 3 nitrogen and oxygen atoms in total. The molecular weight excluding hydrogens is 259 g/mol. The molecule has 0 aromatic heterocycles. The molecule has 0 bridgehead atoms. The number of aliphatic hydroxyl groups is 1. The van der Waals surface area contributed by atoms with Crippen molar-refractivity contribution in [3.05, 3.63) is 33.8 Å². The third kappa shape index (κ3) is 2.59. The highest BCUT2D eigenvalue weighted by atomic mass is 35.5. The summed E-state index contributed by atoms with van der Waals surface area (Å²) in [6, 6.07) is 4.54. The summed E-state index contributed by atoms with van der Waals surface area (Å²) in [5, 5.41) is 17.6. The van der Waals surface area contributed by atoms with Gasteiger partial charge in [0.25, 0.3) is 0 Å². The zero-order chi connectivity index (χ0) is 11.6. The van der Waals surface area contributed by atoms with Gasteiger partial charge in [-0.1, -0.05) is 29.3 Å². The van der Waals surface area contributed by atoms with Crippen molar-refractivity contribution in [1.29, 1.82) is 0 Å². The lowest BCUT2D eigenvalue weighted by Gasteiger charge is -2.13. The Hall–Kier alpha value is -0.840. The first-order valence-electron chi connectivity index (χ1n) is 3.84. The fourth-order valence-corrected chi connectivity index (χ4v) is 1.97. The molecule has 0 heterocycles. The van der Waals surface area contributed by atoms with Crippen LogP contribution < -0.4 is 0 Å². The lowest BCUT2D eigenvalue weighted by molar-refractivity contribution is -0.137. The summed E-state index contributed by atoms with van der Waals surface area (Å²) in [5.74, 6) is -2.67. The Morgan fingerprint density at radius 2 is 1.73 bits per heavy atom.